The molecule has 1 aliphatic heterocycles. The number of benzene rings is 3. The number of hydrogen-bond acceptors (Lipinski definition) is 5. The highest BCUT2D eigenvalue weighted by Crippen LogP contribution is 2.42. The molecule has 0 spiro atoms. The summed E-state index contributed by atoms with van der Waals surface area (Å²) in [6.45, 7) is 5.72. The number of fused-ring (bicyclic) bond motifs is 2. The number of hydrogen-bond donors (Lipinski definition) is 0. The highest BCUT2D eigenvalue weighted by molar-refractivity contribution is 6.11. The van der Waals surface area contributed by atoms with Gasteiger partial charge in [-0.2, -0.15) is 0 Å². The van der Waals surface area contributed by atoms with Crippen molar-refractivity contribution in [1.82, 2.24) is 0 Å². The molecule has 1 aromatic heterocycles. The Morgan fingerprint density at radius 3 is 2.40 bits per heavy atom. The van der Waals surface area contributed by atoms with Gasteiger partial charge in [0.25, 0.3) is 5.91 Å². The molecule has 2 heterocycles. The van der Waals surface area contributed by atoms with Crippen molar-refractivity contribution >= 4 is 28.5 Å². The standard InChI is InChI=1S/C28H22FNO5/c1-4-34-28(33)17-9-11-18(12-10-17)30-24(19-7-5-6-8-21(19)29)23-25(31)20-13-15(2)16(3)14-22(20)35-26(23)27(30)32/h5-14,24H,4H2,1-3H3. The molecule has 0 aliphatic carbocycles. The topological polar surface area (TPSA) is 76.8 Å². The number of carbonyl (C=O) groups excluding carboxylic acids is 2. The second-order valence-corrected chi connectivity index (χ2v) is 8.47. The van der Waals surface area contributed by atoms with E-state index in [-0.39, 0.29) is 28.9 Å². The van der Waals surface area contributed by atoms with Crippen molar-refractivity contribution in [2.75, 3.05) is 11.5 Å². The van der Waals surface area contributed by atoms with E-state index in [1.165, 1.54) is 23.1 Å². The molecule has 3 aromatic carbocycles. The van der Waals surface area contributed by atoms with Gasteiger partial charge in [0.2, 0.25) is 5.76 Å². The largest absolute Gasteiger partial charge is 0.462 e. The van der Waals surface area contributed by atoms with Gasteiger partial charge >= 0.3 is 5.97 Å². The quantitative estimate of drug-likeness (QED) is 0.369. The summed E-state index contributed by atoms with van der Waals surface area (Å²) in [6.07, 6.45) is 0. The third kappa shape index (κ3) is 3.60. The van der Waals surface area contributed by atoms with E-state index in [4.69, 9.17) is 9.15 Å². The minimum atomic E-state index is -1.03. The van der Waals surface area contributed by atoms with E-state index in [1.807, 2.05) is 13.8 Å². The third-order valence-electron chi connectivity index (χ3n) is 6.34. The Hall–Kier alpha value is -4.26. The van der Waals surface area contributed by atoms with Crippen LogP contribution in [0, 0.1) is 19.7 Å². The van der Waals surface area contributed by atoms with Crippen molar-refractivity contribution in [2.24, 2.45) is 0 Å². The van der Waals surface area contributed by atoms with Crippen molar-refractivity contribution in [3.63, 3.8) is 0 Å². The lowest BCUT2D eigenvalue weighted by molar-refractivity contribution is 0.0526. The highest BCUT2D eigenvalue weighted by Gasteiger charge is 2.44. The molecule has 7 heteroatoms. The van der Waals surface area contributed by atoms with E-state index >= 15 is 4.39 Å². The maximum Gasteiger partial charge on any atom is 0.338 e. The van der Waals surface area contributed by atoms with E-state index in [9.17, 15) is 14.4 Å². The van der Waals surface area contributed by atoms with Crippen LogP contribution in [0.3, 0.4) is 0 Å². The number of halogens is 1. The van der Waals surface area contributed by atoms with E-state index in [0.29, 0.717) is 22.2 Å². The molecule has 35 heavy (non-hydrogen) atoms. The molecule has 1 atom stereocenters. The van der Waals surface area contributed by atoms with Crippen LogP contribution in [0.25, 0.3) is 11.0 Å². The summed E-state index contributed by atoms with van der Waals surface area (Å²) in [7, 11) is 0. The average molecular weight is 471 g/mol. The van der Waals surface area contributed by atoms with Crippen molar-refractivity contribution in [3.05, 3.63) is 110 Å². The van der Waals surface area contributed by atoms with Crippen LogP contribution in [0.5, 0.6) is 0 Å². The van der Waals surface area contributed by atoms with Crippen molar-refractivity contribution in [1.29, 1.82) is 0 Å². The van der Waals surface area contributed by atoms with Gasteiger partial charge < -0.3 is 9.15 Å². The van der Waals surface area contributed by atoms with Crippen LogP contribution in [0.4, 0.5) is 10.1 Å². The van der Waals surface area contributed by atoms with E-state index in [2.05, 4.69) is 0 Å². The molecular weight excluding hydrogens is 449 g/mol. The fourth-order valence-corrected chi connectivity index (χ4v) is 4.46. The van der Waals surface area contributed by atoms with E-state index in [0.717, 1.165) is 11.1 Å². The molecule has 1 unspecified atom stereocenters. The maximum atomic E-state index is 15.0. The summed E-state index contributed by atoms with van der Waals surface area (Å²) in [4.78, 5) is 40.7. The summed E-state index contributed by atoms with van der Waals surface area (Å²) < 4.78 is 26.0. The van der Waals surface area contributed by atoms with Gasteiger partial charge in [-0.15, -0.1) is 0 Å². The van der Waals surface area contributed by atoms with Crippen LogP contribution in [0.1, 0.15) is 56.1 Å². The van der Waals surface area contributed by atoms with E-state index in [1.54, 1.807) is 49.4 Å². The predicted molar refractivity (Wildman–Crippen MR) is 129 cm³/mol. The first-order valence-corrected chi connectivity index (χ1v) is 11.2. The minimum Gasteiger partial charge on any atom is -0.462 e. The molecule has 4 aromatic rings. The lowest BCUT2D eigenvalue weighted by Gasteiger charge is -2.25. The third-order valence-corrected chi connectivity index (χ3v) is 6.34. The summed E-state index contributed by atoms with van der Waals surface area (Å²) in [6, 6.07) is 14.7. The number of carbonyl (C=O) groups is 2. The molecule has 1 amide bonds. The Morgan fingerprint density at radius 2 is 1.71 bits per heavy atom. The molecule has 0 saturated heterocycles. The smallest absolute Gasteiger partial charge is 0.338 e. The number of rotatable bonds is 4. The summed E-state index contributed by atoms with van der Waals surface area (Å²) >= 11 is 0. The Morgan fingerprint density at radius 1 is 1.03 bits per heavy atom. The zero-order valence-corrected chi connectivity index (χ0v) is 19.4. The van der Waals surface area contributed by atoms with Crippen molar-refractivity contribution in [2.45, 2.75) is 26.8 Å². The van der Waals surface area contributed by atoms with Crippen LogP contribution < -0.4 is 10.3 Å². The SMILES string of the molecule is CCOC(=O)c1ccc(N2C(=O)c3oc4cc(C)c(C)cc4c(=O)c3C2c2ccccc2F)cc1. The number of ether oxygens (including phenoxy) is 1. The van der Waals surface area contributed by atoms with Crippen molar-refractivity contribution < 1.29 is 23.1 Å². The zero-order valence-electron chi connectivity index (χ0n) is 19.4. The molecule has 0 bridgehead atoms. The minimum absolute atomic E-state index is 0.0883. The van der Waals surface area contributed by atoms with Gasteiger partial charge in [0.05, 0.1) is 29.2 Å². The molecule has 0 saturated carbocycles. The maximum absolute atomic E-state index is 15.0. The molecule has 1 aliphatic rings. The molecule has 5 rings (SSSR count). The Bertz CT molecular complexity index is 1550. The fourth-order valence-electron chi connectivity index (χ4n) is 4.46. The van der Waals surface area contributed by atoms with Gasteiger partial charge in [0.1, 0.15) is 11.4 Å². The summed E-state index contributed by atoms with van der Waals surface area (Å²) in [5.41, 5.74) is 2.71. The van der Waals surface area contributed by atoms with Gasteiger partial charge in [-0.3, -0.25) is 14.5 Å². The normalized spacial score (nSPS) is 14.9. The van der Waals surface area contributed by atoms with Gasteiger partial charge in [-0.05, 0) is 74.4 Å². The van der Waals surface area contributed by atoms with Crippen molar-refractivity contribution in [3.8, 4) is 0 Å². The molecule has 0 fully saturated rings. The highest BCUT2D eigenvalue weighted by atomic mass is 19.1. The van der Waals surface area contributed by atoms with Crippen LogP contribution in [0.2, 0.25) is 0 Å². The van der Waals surface area contributed by atoms with Crippen LogP contribution >= 0.6 is 0 Å². The number of anilines is 1. The first kappa shape index (κ1) is 22.5. The molecular formula is C28H22FNO5. The van der Waals surface area contributed by atoms with Crippen LogP contribution in [0.15, 0.2) is 69.9 Å². The van der Waals surface area contributed by atoms with E-state index < -0.39 is 23.7 Å². The van der Waals surface area contributed by atoms with Gasteiger partial charge in [0.15, 0.2) is 5.43 Å². The van der Waals surface area contributed by atoms with Crippen LogP contribution in [-0.4, -0.2) is 18.5 Å². The summed E-state index contributed by atoms with van der Waals surface area (Å²) in [5.74, 6) is -1.72. The number of nitrogens with zero attached hydrogens (tertiary/aromatic N) is 1. The number of esters is 1. The molecule has 6 nitrogen and oxygen atoms in total. The second kappa shape index (κ2) is 8.51. The van der Waals surface area contributed by atoms with Gasteiger partial charge in [-0.1, -0.05) is 18.2 Å². The lowest BCUT2D eigenvalue weighted by atomic mass is 9.97. The second-order valence-electron chi connectivity index (χ2n) is 8.47. The molecule has 0 N–H and O–H groups in total. The monoisotopic (exact) mass is 471 g/mol. The first-order chi connectivity index (χ1) is 16.8. The average Bonchev–Trinajstić information content (AvgIpc) is 3.13. The fraction of sp³-hybridized carbons (Fsp3) is 0.179. The summed E-state index contributed by atoms with van der Waals surface area (Å²) in [5, 5.41) is 0.334. The lowest BCUT2D eigenvalue weighted by Crippen LogP contribution is -2.30. The Balaban J connectivity index is 1.74. The molecule has 0 radical (unpaired) electrons. The zero-order chi connectivity index (χ0) is 24.9. The Kier molecular flexibility index (Phi) is 5.47. The predicted octanol–water partition coefficient (Wildman–Crippen LogP) is 5.48. The van der Waals surface area contributed by atoms with Crippen LogP contribution in [-0.2, 0) is 4.74 Å². The number of aryl methyl sites for hydroxylation is 2. The first-order valence-electron chi connectivity index (χ1n) is 11.2. The Labute approximate surface area is 200 Å². The number of amides is 1. The van der Waals surface area contributed by atoms with Gasteiger partial charge in [0, 0.05) is 11.3 Å². The molecule has 176 valence electrons. The van der Waals surface area contributed by atoms with Gasteiger partial charge in [-0.25, -0.2) is 9.18 Å².